The molecule has 0 radical (unpaired) electrons. The molecule has 3 heteroatoms. The summed E-state index contributed by atoms with van der Waals surface area (Å²) in [5.41, 5.74) is 1.00. The molecule has 1 N–H and O–H groups in total. The van der Waals surface area contributed by atoms with E-state index in [1.807, 2.05) is 24.3 Å². The number of hydrogen-bond donors (Lipinski definition) is 1. The monoisotopic (exact) mass is 275 g/mol. The lowest BCUT2D eigenvalue weighted by Gasteiger charge is -2.18. The van der Waals surface area contributed by atoms with Gasteiger partial charge in [-0.2, -0.15) is 0 Å². The first kappa shape index (κ1) is 14.1. The summed E-state index contributed by atoms with van der Waals surface area (Å²) in [4.78, 5) is 1.24. The number of halogens is 1. The van der Waals surface area contributed by atoms with Crippen molar-refractivity contribution in [3.05, 3.63) is 66.0 Å². The van der Waals surface area contributed by atoms with Crippen LogP contribution in [0.15, 0.2) is 59.5 Å². The Morgan fingerprint density at radius 2 is 1.89 bits per heavy atom. The molecule has 0 saturated heterocycles. The molecular formula is C16H18FNS. The van der Waals surface area contributed by atoms with Gasteiger partial charge in [-0.25, -0.2) is 4.39 Å². The van der Waals surface area contributed by atoms with E-state index in [0.29, 0.717) is 0 Å². The Hall–Kier alpha value is -1.32. The Kier molecular flexibility index (Phi) is 5.43. The third-order valence-electron chi connectivity index (χ3n) is 2.86. The van der Waals surface area contributed by atoms with Crippen LogP contribution in [0.1, 0.15) is 18.5 Å². The second kappa shape index (κ2) is 7.31. The quantitative estimate of drug-likeness (QED) is 0.790. The van der Waals surface area contributed by atoms with Gasteiger partial charge in [-0.05, 0) is 36.4 Å². The molecule has 0 bridgehead atoms. The molecule has 19 heavy (non-hydrogen) atoms. The van der Waals surface area contributed by atoms with Crippen molar-refractivity contribution in [2.75, 3.05) is 12.3 Å². The normalized spacial score (nSPS) is 12.3. The van der Waals surface area contributed by atoms with Crippen LogP contribution in [-0.2, 0) is 0 Å². The minimum Gasteiger partial charge on any atom is -0.309 e. The van der Waals surface area contributed by atoms with Crippen molar-refractivity contribution in [1.82, 2.24) is 5.32 Å². The maximum absolute atomic E-state index is 13.3. The lowest BCUT2D eigenvalue weighted by Crippen LogP contribution is -2.23. The Bertz CT molecular complexity index is 501. The van der Waals surface area contributed by atoms with Gasteiger partial charge in [0, 0.05) is 16.7 Å². The summed E-state index contributed by atoms with van der Waals surface area (Å²) >= 11 is 1.78. The molecule has 0 aliphatic heterocycles. The molecule has 0 heterocycles. The van der Waals surface area contributed by atoms with Crippen molar-refractivity contribution < 1.29 is 4.39 Å². The van der Waals surface area contributed by atoms with E-state index in [9.17, 15) is 4.39 Å². The van der Waals surface area contributed by atoms with Gasteiger partial charge in [-0.1, -0.05) is 37.3 Å². The number of nitrogens with one attached hydrogen (secondary N) is 1. The molecule has 2 rings (SSSR count). The van der Waals surface area contributed by atoms with Gasteiger partial charge in [0.1, 0.15) is 5.82 Å². The molecule has 1 atom stereocenters. The van der Waals surface area contributed by atoms with Gasteiger partial charge in [-0.3, -0.25) is 0 Å². The standard InChI is InChI=1S/C16H18FNS/c1-2-18-16(13-7-6-8-14(17)11-13)12-19-15-9-4-3-5-10-15/h3-11,16,18H,2,12H2,1H3. The molecule has 100 valence electrons. The average molecular weight is 275 g/mol. The van der Waals surface area contributed by atoms with E-state index in [1.54, 1.807) is 23.9 Å². The summed E-state index contributed by atoms with van der Waals surface area (Å²) in [5, 5.41) is 3.41. The average Bonchev–Trinajstić information content (AvgIpc) is 2.44. The van der Waals surface area contributed by atoms with Crippen molar-refractivity contribution >= 4 is 11.8 Å². The molecule has 0 fully saturated rings. The van der Waals surface area contributed by atoms with Crippen molar-refractivity contribution in [3.8, 4) is 0 Å². The van der Waals surface area contributed by atoms with Gasteiger partial charge in [0.25, 0.3) is 0 Å². The SMILES string of the molecule is CCNC(CSc1ccccc1)c1cccc(F)c1. The van der Waals surface area contributed by atoms with Crippen LogP contribution in [0.4, 0.5) is 4.39 Å². The molecule has 0 amide bonds. The van der Waals surface area contributed by atoms with Crippen molar-refractivity contribution in [2.24, 2.45) is 0 Å². The van der Waals surface area contributed by atoms with E-state index >= 15 is 0 Å². The minimum absolute atomic E-state index is 0.172. The van der Waals surface area contributed by atoms with E-state index in [1.165, 1.54) is 11.0 Å². The van der Waals surface area contributed by atoms with Gasteiger partial charge in [0.05, 0.1) is 0 Å². The summed E-state index contributed by atoms with van der Waals surface area (Å²) < 4.78 is 13.3. The van der Waals surface area contributed by atoms with Crippen LogP contribution in [0.25, 0.3) is 0 Å². The second-order valence-corrected chi connectivity index (χ2v) is 5.38. The molecular weight excluding hydrogens is 257 g/mol. The predicted octanol–water partition coefficient (Wildman–Crippen LogP) is 4.27. The molecule has 0 aliphatic rings. The maximum Gasteiger partial charge on any atom is 0.123 e. The number of hydrogen-bond acceptors (Lipinski definition) is 2. The van der Waals surface area contributed by atoms with Crippen LogP contribution in [0.2, 0.25) is 0 Å². The third-order valence-corrected chi connectivity index (χ3v) is 3.97. The van der Waals surface area contributed by atoms with E-state index < -0.39 is 0 Å². The van der Waals surface area contributed by atoms with Crippen LogP contribution in [0.5, 0.6) is 0 Å². The zero-order valence-electron chi connectivity index (χ0n) is 11.0. The molecule has 1 unspecified atom stereocenters. The zero-order valence-corrected chi connectivity index (χ0v) is 11.8. The van der Waals surface area contributed by atoms with Crippen LogP contribution < -0.4 is 5.32 Å². The summed E-state index contributed by atoms with van der Waals surface area (Å²) in [5.74, 6) is 0.714. The molecule has 1 nitrogen and oxygen atoms in total. The molecule has 0 saturated carbocycles. The summed E-state index contributed by atoms with van der Waals surface area (Å²) in [6.45, 7) is 2.94. The van der Waals surface area contributed by atoms with Crippen LogP contribution in [0, 0.1) is 5.82 Å². The van der Waals surface area contributed by atoms with Crippen molar-refractivity contribution in [1.29, 1.82) is 0 Å². The van der Waals surface area contributed by atoms with Crippen LogP contribution in [0.3, 0.4) is 0 Å². The number of rotatable bonds is 6. The van der Waals surface area contributed by atoms with Gasteiger partial charge in [-0.15, -0.1) is 11.8 Å². The highest BCUT2D eigenvalue weighted by atomic mass is 32.2. The summed E-state index contributed by atoms with van der Waals surface area (Å²) in [6.07, 6.45) is 0. The molecule has 2 aromatic rings. The van der Waals surface area contributed by atoms with Gasteiger partial charge >= 0.3 is 0 Å². The first-order valence-electron chi connectivity index (χ1n) is 6.46. The predicted molar refractivity (Wildman–Crippen MR) is 80.0 cm³/mol. The van der Waals surface area contributed by atoms with E-state index in [-0.39, 0.29) is 11.9 Å². The Labute approximate surface area is 118 Å². The van der Waals surface area contributed by atoms with E-state index in [4.69, 9.17) is 0 Å². The Balaban J connectivity index is 2.04. The fourth-order valence-corrected chi connectivity index (χ4v) is 2.96. The lowest BCUT2D eigenvalue weighted by atomic mass is 10.1. The van der Waals surface area contributed by atoms with Gasteiger partial charge in [0.15, 0.2) is 0 Å². The van der Waals surface area contributed by atoms with E-state index in [0.717, 1.165) is 17.9 Å². The van der Waals surface area contributed by atoms with Crippen LogP contribution >= 0.6 is 11.8 Å². The molecule has 0 aliphatic carbocycles. The van der Waals surface area contributed by atoms with Crippen molar-refractivity contribution in [2.45, 2.75) is 17.9 Å². The maximum atomic E-state index is 13.3. The summed E-state index contributed by atoms with van der Waals surface area (Å²) in [7, 11) is 0. The highest BCUT2D eigenvalue weighted by molar-refractivity contribution is 7.99. The van der Waals surface area contributed by atoms with Crippen molar-refractivity contribution in [3.63, 3.8) is 0 Å². The molecule has 0 spiro atoms. The lowest BCUT2D eigenvalue weighted by molar-refractivity contribution is 0.588. The third kappa shape index (κ3) is 4.37. The fraction of sp³-hybridized carbons (Fsp3) is 0.250. The van der Waals surface area contributed by atoms with Crippen LogP contribution in [-0.4, -0.2) is 12.3 Å². The highest BCUT2D eigenvalue weighted by Gasteiger charge is 2.11. The fourth-order valence-electron chi connectivity index (χ4n) is 1.94. The Morgan fingerprint density at radius 3 is 2.58 bits per heavy atom. The first-order chi connectivity index (χ1) is 9.29. The summed E-state index contributed by atoms with van der Waals surface area (Å²) in [6, 6.07) is 17.3. The largest absolute Gasteiger partial charge is 0.309 e. The Morgan fingerprint density at radius 1 is 1.11 bits per heavy atom. The first-order valence-corrected chi connectivity index (χ1v) is 7.45. The van der Waals surface area contributed by atoms with E-state index in [2.05, 4.69) is 24.4 Å². The van der Waals surface area contributed by atoms with Gasteiger partial charge in [0.2, 0.25) is 0 Å². The topological polar surface area (TPSA) is 12.0 Å². The van der Waals surface area contributed by atoms with Gasteiger partial charge < -0.3 is 5.32 Å². The zero-order chi connectivity index (χ0) is 13.5. The molecule has 2 aromatic carbocycles. The minimum atomic E-state index is -0.176. The number of thioether (sulfide) groups is 1. The highest BCUT2D eigenvalue weighted by Crippen LogP contribution is 2.24. The molecule has 0 aromatic heterocycles. The number of benzene rings is 2. The smallest absolute Gasteiger partial charge is 0.123 e. The second-order valence-electron chi connectivity index (χ2n) is 4.29.